The van der Waals surface area contributed by atoms with Gasteiger partial charge in [0.15, 0.2) is 5.78 Å². The Morgan fingerprint density at radius 3 is 1.73 bits per heavy atom. The van der Waals surface area contributed by atoms with Gasteiger partial charge in [-0.1, -0.05) is 48.5 Å². The van der Waals surface area contributed by atoms with E-state index in [0.29, 0.717) is 17.6 Å². The Bertz CT molecular complexity index is 485. The van der Waals surface area contributed by atoms with Crippen LogP contribution in [-0.4, -0.2) is 23.6 Å². The average Bonchev–Trinajstić information content (AvgIpc) is 2.39. The van der Waals surface area contributed by atoms with Crippen molar-refractivity contribution in [2.45, 2.75) is 60.4 Å². The van der Waals surface area contributed by atoms with Gasteiger partial charge in [-0.25, -0.2) is 0 Å². The van der Waals surface area contributed by atoms with Crippen LogP contribution in [0.1, 0.15) is 54.9 Å². The lowest BCUT2D eigenvalue weighted by atomic mass is 9.68. The third-order valence-electron chi connectivity index (χ3n) is 4.06. The molecule has 1 aliphatic carbocycles. The Morgan fingerprint density at radius 2 is 1.50 bits per heavy atom. The minimum absolute atomic E-state index is 0.0334. The molecule has 0 aromatic carbocycles. The molecule has 0 bridgehead atoms. The van der Waals surface area contributed by atoms with Gasteiger partial charge >= 0.3 is 0 Å². The molecule has 124 valence electrons. The van der Waals surface area contributed by atoms with Gasteiger partial charge in [-0.3, -0.25) is 9.63 Å². The predicted molar refractivity (Wildman–Crippen MR) is 87.7 cm³/mol. The van der Waals surface area contributed by atoms with Gasteiger partial charge in [0, 0.05) is 11.1 Å². The van der Waals surface area contributed by atoms with Crippen molar-refractivity contribution in [2.75, 3.05) is 7.11 Å². The molecule has 0 saturated heterocycles. The molecule has 0 N–H and O–H groups in total. The summed E-state index contributed by atoms with van der Waals surface area (Å²) < 4.78 is 0. The maximum absolute atomic E-state index is 12.9. The first-order valence-electron chi connectivity index (χ1n) is 7.62. The van der Waals surface area contributed by atoms with E-state index in [-0.39, 0.29) is 16.6 Å². The van der Waals surface area contributed by atoms with E-state index in [4.69, 9.17) is 4.84 Å². The van der Waals surface area contributed by atoms with Crippen LogP contribution in [0.25, 0.3) is 0 Å². The zero-order valence-corrected chi connectivity index (χ0v) is 15.0. The number of carbonyl (C=O) groups is 1. The topological polar surface area (TPSA) is 59.0 Å². The molecule has 0 atom stereocenters. The molecule has 5 nitrogen and oxygen atoms in total. The summed E-state index contributed by atoms with van der Waals surface area (Å²) in [5, 5.41) is 4.03. The predicted octanol–water partition coefficient (Wildman–Crippen LogP) is 4.21. The lowest BCUT2D eigenvalue weighted by molar-refractivity contribution is -0.177. The van der Waals surface area contributed by atoms with Gasteiger partial charge < -0.3 is 0 Å². The molecule has 0 saturated carbocycles. The molecule has 1 rings (SSSR count). The summed E-state index contributed by atoms with van der Waals surface area (Å²) in [6.07, 6.45) is 4.23. The van der Waals surface area contributed by atoms with Crippen molar-refractivity contribution in [1.82, 2.24) is 5.17 Å². The summed E-state index contributed by atoms with van der Waals surface area (Å²) in [4.78, 5) is 29.3. The summed E-state index contributed by atoms with van der Waals surface area (Å²) in [5.74, 6) is 0.0334. The average molecular weight is 308 g/mol. The molecule has 0 heterocycles. The molecule has 5 heteroatoms. The van der Waals surface area contributed by atoms with Crippen molar-refractivity contribution < 1.29 is 9.63 Å². The minimum atomic E-state index is -0.838. The van der Waals surface area contributed by atoms with E-state index in [1.54, 1.807) is 0 Å². The number of carbonyl (C=O) groups excluding carboxylic acids is 1. The summed E-state index contributed by atoms with van der Waals surface area (Å²) in [7, 11) is 1.41. The number of nitroso groups, excluding NO2 is 1. The minimum Gasteiger partial charge on any atom is -0.289 e. The van der Waals surface area contributed by atoms with Gasteiger partial charge in [0.1, 0.15) is 5.54 Å². The molecule has 0 aromatic rings. The van der Waals surface area contributed by atoms with Crippen LogP contribution in [0.2, 0.25) is 0 Å². The number of nitrogens with zero attached hydrogens (tertiary/aromatic N) is 2. The van der Waals surface area contributed by atoms with Crippen LogP contribution in [0.5, 0.6) is 0 Å². The number of hydrogen-bond acceptors (Lipinski definition) is 4. The quantitative estimate of drug-likeness (QED) is 0.576. The van der Waals surface area contributed by atoms with Gasteiger partial charge in [-0.2, -0.15) is 0 Å². The van der Waals surface area contributed by atoms with Gasteiger partial charge in [0.05, 0.1) is 12.4 Å². The molecule has 1 aliphatic rings. The number of Topliss-reactive ketones (excluding diaryl/α,β-unsaturated/α-hetero) is 1. The molecule has 0 fully saturated rings. The van der Waals surface area contributed by atoms with Crippen LogP contribution in [0, 0.1) is 15.7 Å². The highest BCUT2D eigenvalue weighted by atomic mass is 16.7. The zero-order valence-electron chi connectivity index (χ0n) is 15.0. The van der Waals surface area contributed by atoms with Crippen LogP contribution < -0.4 is 0 Å². The normalized spacial score (nSPS) is 18.6. The number of rotatable bonds is 4. The fourth-order valence-corrected chi connectivity index (χ4v) is 2.66. The van der Waals surface area contributed by atoms with Gasteiger partial charge in [-0.05, 0) is 29.4 Å². The summed E-state index contributed by atoms with van der Waals surface area (Å²) in [6.45, 7) is 13.9. The van der Waals surface area contributed by atoms with Gasteiger partial charge in [0.25, 0.3) is 0 Å². The van der Waals surface area contributed by atoms with Crippen LogP contribution in [0.15, 0.2) is 28.6 Å². The van der Waals surface area contributed by atoms with Crippen LogP contribution in [0.3, 0.4) is 0 Å². The second-order valence-corrected chi connectivity index (χ2v) is 7.83. The Kier molecular flexibility index (Phi) is 5.02. The maximum atomic E-state index is 12.9. The van der Waals surface area contributed by atoms with Crippen molar-refractivity contribution in [1.29, 1.82) is 0 Å². The highest BCUT2D eigenvalue weighted by Gasteiger charge is 2.44. The van der Waals surface area contributed by atoms with E-state index in [0.717, 1.165) is 5.17 Å². The first-order chi connectivity index (χ1) is 9.93. The fourth-order valence-electron chi connectivity index (χ4n) is 2.66. The highest BCUT2D eigenvalue weighted by molar-refractivity contribution is 6.11. The Labute approximate surface area is 133 Å². The second-order valence-electron chi connectivity index (χ2n) is 7.83. The lowest BCUT2D eigenvalue weighted by Crippen LogP contribution is -2.46. The largest absolute Gasteiger partial charge is 0.289 e. The molecular formula is C17H28N2O3. The number of allylic oxidation sites excluding steroid dienone is 2. The van der Waals surface area contributed by atoms with Gasteiger partial charge in [0.2, 0.25) is 0 Å². The van der Waals surface area contributed by atoms with E-state index in [2.05, 4.69) is 5.29 Å². The first-order valence-corrected chi connectivity index (χ1v) is 7.62. The summed E-state index contributed by atoms with van der Waals surface area (Å²) in [5.41, 5.74) is -0.120. The van der Waals surface area contributed by atoms with Gasteiger partial charge in [-0.15, -0.1) is 10.1 Å². The molecule has 22 heavy (non-hydrogen) atoms. The Balaban J connectivity index is 3.65. The molecular weight excluding hydrogens is 280 g/mol. The van der Waals surface area contributed by atoms with Crippen LogP contribution in [-0.2, 0) is 9.63 Å². The molecule has 0 radical (unpaired) electrons. The number of ketones is 1. The molecule has 0 amide bonds. The molecule has 0 unspecified atom stereocenters. The Hall–Kier alpha value is -1.49. The third kappa shape index (κ3) is 3.29. The van der Waals surface area contributed by atoms with E-state index < -0.39 is 5.54 Å². The molecule has 0 aromatic heterocycles. The van der Waals surface area contributed by atoms with Crippen molar-refractivity contribution in [3.63, 3.8) is 0 Å². The number of hydrogen-bond donors (Lipinski definition) is 0. The van der Waals surface area contributed by atoms with Crippen molar-refractivity contribution >= 4 is 5.78 Å². The SMILES string of the molecule is CCC1(N(N=O)OC)C=C(C(C)(C)C)C(=O)C(C(C)(C)C)=C1. The summed E-state index contributed by atoms with van der Waals surface area (Å²) in [6, 6.07) is 0. The summed E-state index contributed by atoms with van der Waals surface area (Å²) >= 11 is 0. The molecule has 0 spiro atoms. The smallest absolute Gasteiger partial charge is 0.185 e. The van der Waals surface area contributed by atoms with E-state index in [1.165, 1.54) is 7.11 Å². The monoisotopic (exact) mass is 308 g/mol. The van der Waals surface area contributed by atoms with Crippen molar-refractivity contribution in [3.05, 3.63) is 28.2 Å². The lowest BCUT2D eigenvalue weighted by Gasteiger charge is -2.41. The Morgan fingerprint density at radius 1 is 1.09 bits per heavy atom. The van der Waals surface area contributed by atoms with Crippen LogP contribution >= 0.6 is 0 Å². The second kappa shape index (κ2) is 5.95. The first kappa shape index (κ1) is 18.6. The third-order valence-corrected chi connectivity index (χ3v) is 4.06. The maximum Gasteiger partial charge on any atom is 0.185 e. The number of hydroxylamine groups is 1. The van der Waals surface area contributed by atoms with Crippen molar-refractivity contribution in [3.8, 4) is 0 Å². The standard InChI is InChI=1S/C17H28N2O3/c1-9-17(19(18-21)22-8)10-12(15(2,3)4)14(20)13(11-17)16(5,6)7/h10-11H,9H2,1-8H3. The molecule has 0 aliphatic heterocycles. The van der Waals surface area contributed by atoms with E-state index in [9.17, 15) is 9.70 Å². The highest BCUT2D eigenvalue weighted by Crippen LogP contribution is 2.43. The fraction of sp³-hybridized carbons (Fsp3) is 0.706. The van der Waals surface area contributed by atoms with Crippen LogP contribution in [0.4, 0.5) is 0 Å². The van der Waals surface area contributed by atoms with E-state index in [1.807, 2.05) is 60.6 Å². The zero-order chi connectivity index (χ0) is 17.3. The van der Waals surface area contributed by atoms with E-state index >= 15 is 0 Å². The van der Waals surface area contributed by atoms with Crippen molar-refractivity contribution in [2.24, 2.45) is 16.1 Å².